The van der Waals surface area contributed by atoms with Crippen molar-refractivity contribution < 1.29 is 24.1 Å². The summed E-state index contributed by atoms with van der Waals surface area (Å²) in [5.41, 5.74) is 1.60. The zero-order chi connectivity index (χ0) is 18.3. The van der Waals surface area contributed by atoms with Crippen LogP contribution < -0.4 is 9.47 Å². The molecule has 1 atom stereocenters. The van der Waals surface area contributed by atoms with Crippen molar-refractivity contribution in [1.82, 2.24) is 14.6 Å². The van der Waals surface area contributed by atoms with Gasteiger partial charge in [-0.3, -0.25) is 0 Å². The molecule has 26 heavy (non-hydrogen) atoms. The minimum absolute atomic E-state index is 0.138. The molecule has 0 spiro atoms. The van der Waals surface area contributed by atoms with E-state index in [9.17, 15) is 9.90 Å². The van der Waals surface area contributed by atoms with Gasteiger partial charge in [-0.05, 0) is 37.3 Å². The first-order chi connectivity index (χ1) is 12.6. The summed E-state index contributed by atoms with van der Waals surface area (Å²) in [6.07, 6.45) is -1.57. The predicted octanol–water partition coefficient (Wildman–Crippen LogP) is 2.37. The molecule has 1 aromatic carbocycles. The number of fused-ring (bicyclic) bond motifs is 2. The average molecular weight is 376 g/mol. The fraction of sp³-hybridized carbons (Fsp3) is 0.235. The van der Waals surface area contributed by atoms with E-state index in [1.54, 1.807) is 37.3 Å². The third-order valence-electron chi connectivity index (χ3n) is 3.89. The normalized spacial score (nSPS) is 13.8. The number of rotatable bonds is 4. The lowest BCUT2D eigenvalue weighted by molar-refractivity contribution is -0.153. The van der Waals surface area contributed by atoms with Crippen molar-refractivity contribution in [3.63, 3.8) is 0 Å². The van der Waals surface area contributed by atoms with Crippen LogP contribution in [-0.2, 0) is 9.53 Å². The molecule has 9 heteroatoms. The summed E-state index contributed by atoms with van der Waals surface area (Å²) < 4.78 is 17.0. The maximum atomic E-state index is 12.1. The predicted molar refractivity (Wildman–Crippen MR) is 91.1 cm³/mol. The van der Waals surface area contributed by atoms with Crippen LogP contribution in [0, 0.1) is 0 Å². The van der Waals surface area contributed by atoms with Gasteiger partial charge in [0.2, 0.25) is 6.79 Å². The minimum atomic E-state index is -1.57. The number of nitrogens with zero attached hydrogens (tertiary/aromatic N) is 3. The van der Waals surface area contributed by atoms with Gasteiger partial charge in [-0.1, -0.05) is 11.6 Å². The Balaban J connectivity index is 1.91. The molecule has 1 aliphatic heterocycles. The SMILES string of the molecule is CCOC(=O)C(O)c1c(-c2ccc3c(c2)OCO3)nc2ccc(Cl)nn12. The molecule has 0 bridgehead atoms. The van der Waals surface area contributed by atoms with E-state index in [0.29, 0.717) is 28.4 Å². The molecule has 4 rings (SSSR count). The van der Waals surface area contributed by atoms with Gasteiger partial charge in [-0.2, -0.15) is 5.10 Å². The quantitative estimate of drug-likeness (QED) is 0.699. The number of aliphatic hydroxyl groups is 1. The van der Waals surface area contributed by atoms with E-state index in [1.165, 1.54) is 4.52 Å². The van der Waals surface area contributed by atoms with Crippen LogP contribution in [0.15, 0.2) is 30.3 Å². The van der Waals surface area contributed by atoms with E-state index in [4.69, 9.17) is 25.8 Å². The van der Waals surface area contributed by atoms with E-state index in [-0.39, 0.29) is 24.2 Å². The number of hydrogen-bond donors (Lipinski definition) is 1. The summed E-state index contributed by atoms with van der Waals surface area (Å²) in [6.45, 7) is 1.94. The van der Waals surface area contributed by atoms with E-state index in [1.807, 2.05) is 0 Å². The second kappa shape index (κ2) is 6.47. The highest BCUT2D eigenvalue weighted by Gasteiger charge is 2.29. The third-order valence-corrected chi connectivity index (χ3v) is 4.10. The van der Waals surface area contributed by atoms with Gasteiger partial charge in [-0.25, -0.2) is 14.3 Å². The van der Waals surface area contributed by atoms with E-state index < -0.39 is 12.1 Å². The zero-order valence-corrected chi connectivity index (χ0v) is 14.4. The Hall–Kier alpha value is -2.84. The van der Waals surface area contributed by atoms with Crippen molar-refractivity contribution in [3.8, 4) is 22.8 Å². The summed E-state index contributed by atoms with van der Waals surface area (Å²) in [5, 5.41) is 14.9. The van der Waals surface area contributed by atoms with Crippen LogP contribution in [-0.4, -0.2) is 39.1 Å². The first-order valence-corrected chi connectivity index (χ1v) is 8.26. The molecule has 3 aromatic rings. The smallest absolute Gasteiger partial charge is 0.341 e. The van der Waals surface area contributed by atoms with Crippen molar-refractivity contribution in [2.24, 2.45) is 0 Å². The van der Waals surface area contributed by atoms with Crippen molar-refractivity contribution >= 4 is 23.2 Å². The Bertz CT molecular complexity index is 1000. The molecule has 0 saturated carbocycles. The van der Waals surface area contributed by atoms with Crippen LogP contribution in [0.4, 0.5) is 0 Å². The molecule has 0 amide bonds. The van der Waals surface area contributed by atoms with Gasteiger partial charge in [0.25, 0.3) is 0 Å². The third kappa shape index (κ3) is 2.73. The van der Waals surface area contributed by atoms with Crippen LogP contribution >= 0.6 is 11.6 Å². The summed E-state index contributed by atoms with van der Waals surface area (Å²) >= 11 is 5.97. The van der Waals surface area contributed by atoms with Crippen LogP contribution in [0.25, 0.3) is 16.9 Å². The van der Waals surface area contributed by atoms with Gasteiger partial charge in [-0.15, -0.1) is 0 Å². The van der Waals surface area contributed by atoms with E-state index >= 15 is 0 Å². The Morgan fingerprint density at radius 2 is 2.15 bits per heavy atom. The molecule has 0 aliphatic carbocycles. The fourth-order valence-electron chi connectivity index (χ4n) is 2.76. The monoisotopic (exact) mass is 375 g/mol. The van der Waals surface area contributed by atoms with Gasteiger partial charge in [0.15, 0.2) is 23.3 Å². The lowest BCUT2D eigenvalue weighted by Gasteiger charge is -2.11. The fourth-order valence-corrected chi connectivity index (χ4v) is 2.90. The van der Waals surface area contributed by atoms with Crippen LogP contribution in [0.3, 0.4) is 0 Å². The maximum Gasteiger partial charge on any atom is 0.341 e. The molecule has 1 unspecified atom stereocenters. The van der Waals surface area contributed by atoms with Gasteiger partial charge in [0.05, 0.1) is 12.3 Å². The molecule has 3 heterocycles. The highest BCUT2D eigenvalue weighted by molar-refractivity contribution is 6.29. The van der Waals surface area contributed by atoms with E-state index in [2.05, 4.69) is 10.1 Å². The number of benzene rings is 1. The highest BCUT2D eigenvalue weighted by atomic mass is 35.5. The molecule has 2 aromatic heterocycles. The number of imidazole rings is 1. The molecule has 0 fully saturated rings. The Kier molecular flexibility index (Phi) is 4.14. The lowest BCUT2D eigenvalue weighted by atomic mass is 10.1. The molecular weight excluding hydrogens is 362 g/mol. The maximum absolute atomic E-state index is 12.1. The molecule has 1 aliphatic rings. The number of carbonyl (C=O) groups is 1. The number of esters is 1. The highest BCUT2D eigenvalue weighted by Crippen LogP contribution is 2.38. The first-order valence-electron chi connectivity index (χ1n) is 7.88. The Labute approximate surface area is 152 Å². The lowest BCUT2D eigenvalue weighted by Crippen LogP contribution is -2.18. The topological polar surface area (TPSA) is 95.2 Å². The number of carbonyl (C=O) groups excluding carboxylic acids is 1. The van der Waals surface area contributed by atoms with Gasteiger partial charge in [0, 0.05) is 5.56 Å². The van der Waals surface area contributed by atoms with Crippen molar-refractivity contribution in [2.45, 2.75) is 13.0 Å². The molecule has 134 valence electrons. The number of ether oxygens (including phenoxy) is 3. The second-order valence-corrected chi connectivity index (χ2v) is 5.88. The molecule has 8 nitrogen and oxygen atoms in total. The standard InChI is InChI=1S/C17H14ClN3O5/c1-2-24-17(23)16(22)15-14(19-13-6-5-12(18)20-21(13)15)9-3-4-10-11(7-9)26-8-25-10/h3-7,16,22H,2,8H2,1H3. The van der Waals surface area contributed by atoms with Gasteiger partial charge >= 0.3 is 5.97 Å². The second-order valence-electron chi connectivity index (χ2n) is 5.49. The van der Waals surface area contributed by atoms with Crippen LogP contribution in [0.2, 0.25) is 5.15 Å². The molecule has 1 N–H and O–H groups in total. The van der Waals surface area contributed by atoms with Crippen molar-refractivity contribution in [1.29, 1.82) is 0 Å². The Morgan fingerprint density at radius 1 is 1.35 bits per heavy atom. The Morgan fingerprint density at radius 3 is 2.96 bits per heavy atom. The van der Waals surface area contributed by atoms with Crippen molar-refractivity contribution in [3.05, 3.63) is 41.2 Å². The number of aromatic nitrogens is 3. The molecular formula is C17H14ClN3O5. The minimum Gasteiger partial charge on any atom is -0.464 e. The van der Waals surface area contributed by atoms with Crippen LogP contribution in [0.1, 0.15) is 18.7 Å². The summed E-state index contributed by atoms with van der Waals surface area (Å²) in [4.78, 5) is 16.6. The largest absolute Gasteiger partial charge is 0.464 e. The number of hydrogen-bond acceptors (Lipinski definition) is 7. The van der Waals surface area contributed by atoms with E-state index in [0.717, 1.165) is 0 Å². The average Bonchev–Trinajstić information content (AvgIpc) is 3.24. The summed E-state index contributed by atoms with van der Waals surface area (Å²) in [7, 11) is 0. The number of halogens is 1. The zero-order valence-electron chi connectivity index (χ0n) is 13.7. The molecule has 0 saturated heterocycles. The summed E-state index contributed by atoms with van der Waals surface area (Å²) in [5.74, 6) is 0.381. The van der Waals surface area contributed by atoms with Gasteiger partial charge < -0.3 is 19.3 Å². The number of aliphatic hydroxyl groups excluding tert-OH is 1. The van der Waals surface area contributed by atoms with Crippen molar-refractivity contribution in [2.75, 3.05) is 13.4 Å². The van der Waals surface area contributed by atoms with Gasteiger partial charge in [0.1, 0.15) is 10.8 Å². The summed E-state index contributed by atoms with van der Waals surface area (Å²) in [6, 6.07) is 8.45. The van der Waals surface area contributed by atoms with Crippen LogP contribution in [0.5, 0.6) is 11.5 Å². The first kappa shape index (κ1) is 16.6. The molecule has 0 radical (unpaired) electrons.